The first kappa shape index (κ1) is 59.4. The molecule has 0 spiro atoms. The van der Waals surface area contributed by atoms with Crippen molar-refractivity contribution >= 4 is 106 Å². The molecular formula is C90H79BN4. The number of allylic oxidation sites excluding steroid dienone is 4. The molecule has 95 heavy (non-hydrogen) atoms. The molecule has 0 saturated carbocycles. The first-order valence-electron chi connectivity index (χ1n) is 33.8. The van der Waals surface area contributed by atoms with Crippen molar-refractivity contribution in [3.8, 4) is 44.8 Å². The van der Waals surface area contributed by atoms with Crippen LogP contribution < -0.4 is 26.2 Å². The molecule has 2 aliphatic heterocycles. The van der Waals surface area contributed by atoms with Crippen LogP contribution in [0.4, 0.5) is 34.1 Å². The van der Waals surface area contributed by atoms with Gasteiger partial charge in [0.2, 0.25) is 0 Å². The predicted molar refractivity (Wildman–Crippen MR) is 410 cm³/mol. The Morgan fingerprint density at radius 3 is 1.06 bits per heavy atom. The van der Waals surface area contributed by atoms with E-state index in [-0.39, 0.29) is 23.0 Å². The maximum absolute atomic E-state index is 2.73. The van der Waals surface area contributed by atoms with E-state index in [0.717, 1.165) is 45.3 Å². The van der Waals surface area contributed by atoms with Crippen LogP contribution in [0, 0.1) is 0 Å². The molecule has 0 N–H and O–H groups in total. The van der Waals surface area contributed by atoms with Crippen molar-refractivity contribution in [1.29, 1.82) is 0 Å². The first-order valence-corrected chi connectivity index (χ1v) is 33.8. The zero-order chi connectivity index (χ0) is 65.2. The van der Waals surface area contributed by atoms with Crippen molar-refractivity contribution < 1.29 is 0 Å². The van der Waals surface area contributed by atoms with Crippen LogP contribution in [0.3, 0.4) is 0 Å². The van der Waals surface area contributed by atoms with Gasteiger partial charge in [0.25, 0.3) is 6.71 Å². The van der Waals surface area contributed by atoms with Crippen molar-refractivity contribution in [2.45, 2.75) is 92.4 Å². The van der Waals surface area contributed by atoms with Gasteiger partial charge in [-0.3, -0.25) is 0 Å². The third-order valence-electron chi connectivity index (χ3n) is 20.2. The van der Waals surface area contributed by atoms with E-state index in [1.54, 1.807) is 0 Å². The lowest BCUT2D eigenvalue weighted by molar-refractivity contribution is 0.590. The molecule has 0 atom stereocenters. The summed E-state index contributed by atoms with van der Waals surface area (Å²) < 4.78 is 5.00. The van der Waals surface area contributed by atoms with Gasteiger partial charge in [0.15, 0.2) is 0 Å². The molecule has 4 heterocycles. The van der Waals surface area contributed by atoms with Crippen molar-refractivity contribution in [3.05, 3.63) is 301 Å². The maximum Gasteiger partial charge on any atom is 0.252 e. The second-order valence-corrected chi connectivity index (χ2v) is 29.3. The molecule has 0 aliphatic carbocycles. The summed E-state index contributed by atoms with van der Waals surface area (Å²) in [4.78, 5) is 5.45. The monoisotopic (exact) mass is 1230 g/mol. The highest BCUT2D eigenvalue weighted by atomic mass is 15.2. The molecular weight excluding hydrogens is 1150 g/mol. The second-order valence-electron chi connectivity index (χ2n) is 29.3. The van der Waals surface area contributed by atoms with Crippen LogP contribution >= 0.6 is 0 Å². The summed E-state index contributed by atoms with van der Waals surface area (Å²) in [6.45, 7) is 25.5. The smallest absolute Gasteiger partial charge is 0.252 e. The van der Waals surface area contributed by atoms with Crippen LogP contribution in [0.25, 0.3) is 93.9 Å². The zero-order valence-corrected chi connectivity index (χ0v) is 56.4. The molecule has 12 aromatic carbocycles. The van der Waals surface area contributed by atoms with Gasteiger partial charge < -0.3 is 18.9 Å². The number of rotatable bonds is 9. The lowest BCUT2D eigenvalue weighted by Gasteiger charge is -2.47. The number of nitrogens with zero attached hydrogens (tertiary/aromatic N) is 4. The van der Waals surface area contributed by atoms with Gasteiger partial charge in [-0.05, 0) is 170 Å². The van der Waals surface area contributed by atoms with Crippen molar-refractivity contribution in [3.63, 3.8) is 0 Å². The predicted octanol–water partition coefficient (Wildman–Crippen LogP) is 22.8. The van der Waals surface area contributed by atoms with Crippen LogP contribution in [0.2, 0.25) is 0 Å². The largest absolute Gasteiger partial charge is 0.310 e. The van der Waals surface area contributed by atoms with Gasteiger partial charge in [-0.2, -0.15) is 0 Å². The third kappa shape index (κ3) is 9.80. The summed E-state index contributed by atoms with van der Waals surface area (Å²) in [5, 5.41) is 4.94. The molecule has 14 aromatic rings. The summed E-state index contributed by atoms with van der Waals surface area (Å²) in [6.07, 6.45) is 6.67. The van der Waals surface area contributed by atoms with Gasteiger partial charge in [0.1, 0.15) is 0 Å². The van der Waals surface area contributed by atoms with E-state index in [0.29, 0.717) is 0 Å². The molecule has 16 rings (SSSR count). The fourth-order valence-electron chi connectivity index (χ4n) is 15.3. The topological polar surface area (TPSA) is 16.3 Å². The number of fused-ring (bicyclic) bond motifs is 10. The van der Waals surface area contributed by atoms with E-state index < -0.39 is 0 Å². The first-order chi connectivity index (χ1) is 45.9. The second kappa shape index (κ2) is 22.6. The molecule has 0 saturated heterocycles. The van der Waals surface area contributed by atoms with Crippen molar-refractivity contribution in [1.82, 2.24) is 9.13 Å². The molecule has 0 bridgehead atoms. The van der Waals surface area contributed by atoms with Crippen molar-refractivity contribution in [2.24, 2.45) is 0 Å². The van der Waals surface area contributed by atoms with E-state index in [9.17, 15) is 0 Å². The molecule has 0 amide bonds. The van der Waals surface area contributed by atoms with Gasteiger partial charge >= 0.3 is 0 Å². The molecule has 462 valence electrons. The SMILES string of the molecule is C/C=C\C=C(/C)c1cc(C(C)(C)C)cc(-c2ccccc2)c1N1c2cc(-n3c4ccccc4c4ccccc43)ccc2B2c3ccc(-n4c5ccccc5c5ccccc54)cc3N(c3c(-c4ccccc4)cc(C(C)(C)C)cc3-c3ccccc3)c3cc(C(C)(C)C)cc1c32. The molecule has 2 aromatic heterocycles. The third-order valence-corrected chi connectivity index (χ3v) is 20.2. The fourth-order valence-corrected chi connectivity index (χ4v) is 15.3. The van der Waals surface area contributed by atoms with Gasteiger partial charge in [-0.25, -0.2) is 0 Å². The molecule has 0 fully saturated rings. The Kier molecular flexibility index (Phi) is 14.1. The quantitative estimate of drug-likeness (QED) is 0.106. The number of aromatic nitrogens is 2. The Morgan fingerprint density at radius 2 is 0.684 bits per heavy atom. The lowest BCUT2D eigenvalue weighted by atomic mass is 9.33. The Labute approximate surface area is 560 Å². The van der Waals surface area contributed by atoms with E-state index in [4.69, 9.17) is 0 Å². The van der Waals surface area contributed by atoms with Gasteiger partial charge in [0, 0.05) is 77.9 Å². The molecule has 0 radical (unpaired) electrons. The minimum atomic E-state index is -0.307. The Balaban J connectivity index is 1.11. The van der Waals surface area contributed by atoms with Gasteiger partial charge in [0.05, 0.1) is 33.4 Å². The molecule has 0 unspecified atom stereocenters. The van der Waals surface area contributed by atoms with Crippen LogP contribution in [0.5, 0.6) is 0 Å². The average molecular weight is 1230 g/mol. The summed E-state index contributed by atoms with van der Waals surface area (Å²) in [5.74, 6) is 0. The lowest BCUT2D eigenvalue weighted by Crippen LogP contribution is -2.61. The number of para-hydroxylation sites is 4. The highest BCUT2D eigenvalue weighted by molar-refractivity contribution is 7.00. The Bertz CT molecular complexity index is 5280. The van der Waals surface area contributed by atoms with E-state index in [2.05, 4.69) is 374 Å². The van der Waals surface area contributed by atoms with Gasteiger partial charge in [-0.1, -0.05) is 256 Å². The van der Waals surface area contributed by atoms with Crippen LogP contribution in [0.1, 0.15) is 98.4 Å². The standard InChI is InChI=1S/C90H79BN4/c1-12-13-31-58(2)71-50-62(88(3,4)5)51-72(59-32-17-14-18-33-59)86(71)94-81-56-65(92-77-42-27-23-38-67(77)68-39-24-28-43-78(68)92)46-48-75(81)91-76-49-47-66(93-79-44-29-25-40-69(79)70-41-26-30-45-80(70)93)57-82(76)95(84-55-64(90(9,10)11)54-83(94)85(84)91)87-73(60-34-19-15-20-35-60)52-63(89(6,7)8)53-74(87)61-36-21-16-22-37-61/h12-57H,1-11H3/b13-12-,58-31+. The molecule has 5 heteroatoms. The minimum Gasteiger partial charge on any atom is -0.310 e. The normalized spacial score (nSPS) is 13.4. The molecule has 2 aliphatic rings. The summed E-state index contributed by atoms with van der Waals surface area (Å²) in [5.41, 5.74) is 30.2. The van der Waals surface area contributed by atoms with E-state index >= 15 is 0 Å². The van der Waals surface area contributed by atoms with Gasteiger partial charge in [-0.15, -0.1) is 0 Å². The van der Waals surface area contributed by atoms with Crippen LogP contribution in [-0.2, 0) is 16.2 Å². The van der Waals surface area contributed by atoms with Crippen LogP contribution in [-0.4, -0.2) is 15.8 Å². The maximum atomic E-state index is 2.73. The highest BCUT2D eigenvalue weighted by Gasteiger charge is 2.46. The Morgan fingerprint density at radius 1 is 0.347 bits per heavy atom. The van der Waals surface area contributed by atoms with E-state index in [1.165, 1.54) is 121 Å². The summed E-state index contributed by atoms with van der Waals surface area (Å²) in [7, 11) is 0. The average Bonchev–Trinajstić information content (AvgIpc) is 1.17. The molecule has 4 nitrogen and oxygen atoms in total. The van der Waals surface area contributed by atoms with E-state index in [1.807, 2.05) is 0 Å². The number of hydrogen-bond acceptors (Lipinski definition) is 2. The van der Waals surface area contributed by atoms with Crippen molar-refractivity contribution in [2.75, 3.05) is 9.80 Å². The number of hydrogen-bond donors (Lipinski definition) is 0. The summed E-state index contributed by atoms with van der Waals surface area (Å²) in [6, 6.07) is 99.3. The fraction of sp³-hybridized carbons (Fsp3) is 0.156. The minimum absolute atomic E-state index is 0.171. The Hall–Kier alpha value is -10.6. The number of benzene rings is 12. The van der Waals surface area contributed by atoms with Crippen LogP contribution in [0.15, 0.2) is 279 Å². The number of anilines is 6. The summed E-state index contributed by atoms with van der Waals surface area (Å²) >= 11 is 0. The highest BCUT2D eigenvalue weighted by Crippen LogP contribution is 2.55. The zero-order valence-electron chi connectivity index (χ0n) is 56.4.